The Balaban J connectivity index is 2.14. The minimum absolute atomic E-state index is 0.0247. The summed E-state index contributed by atoms with van der Waals surface area (Å²) in [6.45, 7) is 5.74. The summed E-state index contributed by atoms with van der Waals surface area (Å²) in [6, 6.07) is 10.2. The Morgan fingerprint density at radius 3 is 2.27 bits per heavy atom. The van der Waals surface area contributed by atoms with Gasteiger partial charge in [-0.2, -0.15) is 4.31 Å². The highest BCUT2D eigenvalue weighted by Gasteiger charge is 2.25. The molecule has 164 valence electrons. The van der Waals surface area contributed by atoms with Gasteiger partial charge in [-0.05, 0) is 49.1 Å². The van der Waals surface area contributed by atoms with Gasteiger partial charge in [0.2, 0.25) is 15.9 Å². The Hall–Kier alpha value is -2.58. The number of hydrogen-bond acceptors (Lipinski definition) is 5. The van der Waals surface area contributed by atoms with Gasteiger partial charge in [-0.25, -0.2) is 8.42 Å². The molecule has 30 heavy (non-hydrogen) atoms. The van der Waals surface area contributed by atoms with Gasteiger partial charge in [-0.15, -0.1) is 0 Å². The maximum atomic E-state index is 12.9. The molecule has 0 saturated carbocycles. The van der Waals surface area contributed by atoms with Crippen LogP contribution in [-0.2, 0) is 14.8 Å². The summed E-state index contributed by atoms with van der Waals surface area (Å²) in [5, 5.41) is 2.94. The fourth-order valence-electron chi connectivity index (χ4n) is 3.09. The van der Waals surface area contributed by atoms with Crippen molar-refractivity contribution in [2.75, 3.05) is 27.8 Å². The number of methoxy groups -OCH3 is 2. The van der Waals surface area contributed by atoms with Crippen LogP contribution in [-0.4, -0.2) is 46.4 Å². The lowest BCUT2D eigenvalue weighted by Crippen LogP contribution is -2.39. The highest BCUT2D eigenvalue weighted by molar-refractivity contribution is 7.89. The molecule has 0 aliphatic carbocycles. The molecule has 1 amide bonds. The molecule has 2 rings (SSSR count). The number of likely N-dealkylation sites (N-methyl/N-ethyl adjacent to an activating group) is 1. The van der Waals surface area contributed by atoms with E-state index in [-0.39, 0.29) is 23.4 Å². The normalized spacial score (nSPS) is 12.5. The molecule has 0 radical (unpaired) electrons. The van der Waals surface area contributed by atoms with E-state index in [1.807, 2.05) is 39.0 Å². The molecule has 0 fully saturated rings. The van der Waals surface area contributed by atoms with Crippen LogP contribution in [0.15, 0.2) is 41.3 Å². The van der Waals surface area contributed by atoms with Crippen LogP contribution in [0.3, 0.4) is 0 Å². The molecule has 2 aromatic carbocycles. The summed E-state index contributed by atoms with van der Waals surface area (Å²) < 4.78 is 37.1. The third kappa shape index (κ3) is 5.31. The molecule has 1 N–H and O–H groups in total. The number of ether oxygens (including phenoxy) is 2. The highest BCUT2D eigenvalue weighted by atomic mass is 32.2. The van der Waals surface area contributed by atoms with Crippen LogP contribution in [0.4, 0.5) is 0 Å². The molecular formula is C22H30N2O5S. The number of carbonyl (C=O) groups is 1. The number of rotatable bonds is 9. The lowest BCUT2D eigenvalue weighted by Gasteiger charge is -2.22. The first-order chi connectivity index (χ1) is 14.1. The third-order valence-electron chi connectivity index (χ3n) is 5.11. The zero-order valence-electron chi connectivity index (χ0n) is 18.4. The SMILES string of the molecule is CC[C@H](NC(=O)CN(C)S(=O)(=O)c1ccc(OC)c(OC)c1)c1ccc(C)c(C)c1. The first-order valence-electron chi connectivity index (χ1n) is 9.68. The van der Waals surface area contributed by atoms with Gasteiger partial charge in [0, 0.05) is 13.1 Å². The predicted molar refractivity (Wildman–Crippen MR) is 116 cm³/mol. The van der Waals surface area contributed by atoms with Crippen LogP contribution >= 0.6 is 0 Å². The van der Waals surface area contributed by atoms with Crippen molar-refractivity contribution < 1.29 is 22.7 Å². The number of nitrogens with zero attached hydrogens (tertiary/aromatic N) is 1. The monoisotopic (exact) mass is 434 g/mol. The summed E-state index contributed by atoms with van der Waals surface area (Å²) in [4.78, 5) is 12.6. The van der Waals surface area contributed by atoms with Crippen LogP contribution in [0.1, 0.15) is 36.1 Å². The molecule has 2 aromatic rings. The lowest BCUT2D eigenvalue weighted by atomic mass is 9.99. The first kappa shape index (κ1) is 23.7. The second kappa shape index (κ2) is 9.95. The Bertz CT molecular complexity index is 1000. The van der Waals surface area contributed by atoms with Crippen molar-refractivity contribution >= 4 is 15.9 Å². The molecule has 0 bridgehead atoms. The van der Waals surface area contributed by atoms with Crippen LogP contribution in [0.5, 0.6) is 11.5 Å². The summed E-state index contributed by atoms with van der Waals surface area (Å²) in [6.07, 6.45) is 0.695. The number of sulfonamides is 1. The quantitative estimate of drug-likeness (QED) is 0.655. The second-order valence-corrected chi connectivity index (χ2v) is 9.19. The van der Waals surface area contributed by atoms with Crippen LogP contribution in [0, 0.1) is 13.8 Å². The van der Waals surface area contributed by atoms with Crippen molar-refractivity contribution in [2.24, 2.45) is 0 Å². The lowest BCUT2D eigenvalue weighted by molar-refractivity contribution is -0.121. The van der Waals surface area contributed by atoms with Gasteiger partial charge in [0.05, 0.1) is 31.7 Å². The van der Waals surface area contributed by atoms with E-state index < -0.39 is 10.0 Å². The van der Waals surface area contributed by atoms with E-state index >= 15 is 0 Å². The molecule has 0 aromatic heterocycles. The van der Waals surface area contributed by atoms with Gasteiger partial charge in [0.25, 0.3) is 0 Å². The van der Waals surface area contributed by atoms with E-state index in [1.54, 1.807) is 0 Å². The zero-order chi connectivity index (χ0) is 22.5. The van der Waals surface area contributed by atoms with Crippen molar-refractivity contribution in [1.29, 1.82) is 0 Å². The minimum Gasteiger partial charge on any atom is -0.493 e. The molecule has 0 aliphatic heterocycles. The van der Waals surface area contributed by atoms with E-state index in [9.17, 15) is 13.2 Å². The predicted octanol–water partition coefficient (Wildman–Crippen LogP) is 3.21. The van der Waals surface area contributed by atoms with E-state index in [2.05, 4.69) is 5.32 Å². The van der Waals surface area contributed by atoms with Crippen molar-refractivity contribution in [3.8, 4) is 11.5 Å². The number of carbonyl (C=O) groups excluding carboxylic acids is 1. The van der Waals surface area contributed by atoms with Crippen LogP contribution in [0.2, 0.25) is 0 Å². The Kier molecular flexibility index (Phi) is 7.86. The second-order valence-electron chi connectivity index (χ2n) is 7.15. The molecular weight excluding hydrogens is 404 g/mol. The number of amides is 1. The Labute approximate surface area is 179 Å². The minimum atomic E-state index is -3.87. The van der Waals surface area contributed by atoms with E-state index in [4.69, 9.17) is 9.47 Å². The number of aryl methyl sites for hydroxylation is 2. The molecule has 0 aliphatic rings. The largest absolute Gasteiger partial charge is 0.493 e. The van der Waals surface area contributed by atoms with Crippen molar-refractivity contribution in [3.05, 3.63) is 53.1 Å². The Morgan fingerprint density at radius 2 is 1.70 bits per heavy atom. The smallest absolute Gasteiger partial charge is 0.243 e. The molecule has 0 heterocycles. The van der Waals surface area contributed by atoms with Gasteiger partial charge in [-0.1, -0.05) is 25.1 Å². The summed E-state index contributed by atoms with van der Waals surface area (Å²) in [7, 11) is 0.411. The van der Waals surface area contributed by atoms with Gasteiger partial charge in [-0.3, -0.25) is 4.79 Å². The molecule has 0 saturated heterocycles. The van der Waals surface area contributed by atoms with Gasteiger partial charge < -0.3 is 14.8 Å². The fraction of sp³-hybridized carbons (Fsp3) is 0.409. The van der Waals surface area contributed by atoms with Crippen molar-refractivity contribution in [2.45, 2.75) is 38.1 Å². The average molecular weight is 435 g/mol. The maximum Gasteiger partial charge on any atom is 0.243 e. The fourth-order valence-corrected chi connectivity index (χ4v) is 4.23. The molecule has 0 spiro atoms. The summed E-state index contributed by atoms with van der Waals surface area (Å²) in [5.41, 5.74) is 3.33. The van der Waals surface area contributed by atoms with E-state index in [0.717, 1.165) is 15.4 Å². The van der Waals surface area contributed by atoms with Crippen molar-refractivity contribution in [1.82, 2.24) is 9.62 Å². The van der Waals surface area contributed by atoms with Gasteiger partial charge in [0.1, 0.15) is 0 Å². The topological polar surface area (TPSA) is 84.9 Å². The van der Waals surface area contributed by atoms with Gasteiger partial charge in [0.15, 0.2) is 11.5 Å². The zero-order valence-corrected chi connectivity index (χ0v) is 19.2. The average Bonchev–Trinajstić information content (AvgIpc) is 2.73. The van der Waals surface area contributed by atoms with Crippen molar-refractivity contribution in [3.63, 3.8) is 0 Å². The highest BCUT2D eigenvalue weighted by Crippen LogP contribution is 2.30. The van der Waals surface area contributed by atoms with E-state index in [1.165, 1.54) is 45.0 Å². The molecule has 8 heteroatoms. The summed E-state index contributed by atoms with van der Waals surface area (Å²) in [5.74, 6) is 0.361. The van der Waals surface area contributed by atoms with Gasteiger partial charge >= 0.3 is 0 Å². The first-order valence-corrected chi connectivity index (χ1v) is 11.1. The molecule has 7 nitrogen and oxygen atoms in total. The molecule has 1 atom stereocenters. The Morgan fingerprint density at radius 1 is 1.03 bits per heavy atom. The number of benzene rings is 2. The number of nitrogens with one attached hydrogen (secondary N) is 1. The molecule has 0 unspecified atom stereocenters. The third-order valence-corrected chi connectivity index (χ3v) is 6.91. The standard InChI is InChI=1S/C22H30N2O5S/c1-7-19(17-9-8-15(2)16(3)12-17)23-22(25)14-24(4)30(26,27)18-10-11-20(28-5)21(13-18)29-6/h8-13,19H,7,14H2,1-6H3,(H,23,25)/t19-/m0/s1. The number of hydrogen-bond donors (Lipinski definition) is 1. The van der Waals surface area contributed by atoms with Crippen LogP contribution < -0.4 is 14.8 Å². The maximum absolute atomic E-state index is 12.9. The summed E-state index contributed by atoms with van der Waals surface area (Å²) >= 11 is 0. The van der Waals surface area contributed by atoms with Crippen LogP contribution in [0.25, 0.3) is 0 Å². The van der Waals surface area contributed by atoms with E-state index in [0.29, 0.717) is 17.9 Å².